The van der Waals surface area contributed by atoms with Gasteiger partial charge in [0.2, 0.25) is 5.91 Å². The van der Waals surface area contributed by atoms with Crippen LogP contribution in [0.25, 0.3) is 6.08 Å². The van der Waals surface area contributed by atoms with Crippen LogP contribution >= 0.6 is 15.9 Å². The minimum absolute atomic E-state index is 0.0995. The number of nitrogens with one attached hydrogen (secondary N) is 1. The predicted octanol–water partition coefficient (Wildman–Crippen LogP) is 3.80. The standard InChI is InChI=1S/C21H20BrNO4/c1-3-27-20(25)21(26,11-10-14-5-7-15(22)8-6-14)18-16-12-13(2)4-9-17(16)23-19(18)24/h4-12,18,26H,3H2,1-2H3,(H,23,24)/b11-10+. The number of ether oxygens (including phenoxy) is 1. The van der Waals surface area contributed by atoms with E-state index >= 15 is 0 Å². The maximum absolute atomic E-state index is 12.7. The molecule has 0 radical (unpaired) electrons. The van der Waals surface area contributed by atoms with Gasteiger partial charge in [-0.15, -0.1) is 0 Å². The summed E-state index contributed by atoms with van der Waals surface area (Å²) in [6.45, 7) is 3.65. The Morgan fingerprint density at radius 3 is 2.67 bits per heavy atom. The van der Waals surface area contributed by atoms with Crippen molar-refractivity contribution in [2.75, 3.05) is 11.9 Å². The van der Waals surface area contributed by atoms with Crippen LogP contribution in [0.1, 0.15) is 29.5 Å². The predicted molar refractivity (Wildman–Crippen MR) is 107 cm³/mol. The molecule has 2 aromatic carbocycles. The number of carbonyl (C=O) groups excluding carboxylic acids is 2. The molecule has 0 spiro atoms. The number of rotatable bonds is 5. The number of aliphatic hydroxyl groups is 1. The summed E-state index contributed by atoms with van der Waals surface area (Å²) in [5.74, 6) is -2.38. The van der Waals surface area contributed by atoms with E-state index in [9.17, 15) is 14.7 Å². The Morgan fingerprint density at radius 1 is 1.30 bits per heavy atom. The summed E-state index contributed by atoms with van der Waals surface area (Å²) in [5, 5.41) is 14.0. The third-order valence-electron chi connectivity index (χ3n) is 4.48. The van der Waals surface area contributed by atoms with Crippen molar-refractivity contribution in [3.63, 3.8) is 0 Å². The first-order chi connectivity index (χ1) is 12.8. The zero-order valence-corrected chi connectivity index (χ0v) is 16.6. The van der Waals surface area contributed by atoms with E-state index < -0.39 is 23.4 Å². The highest BCUT2D eigenvalue weighted by Crippen LogP contribution is 2.41. The molecule has 5 nitrogen and oxygen atoms in total. The fourth-order valence-corrected chi connectivity index (χ4v) is 3.41. The monoisotopic (exact) mass is 429 g/mol. The van der Waals surface area contributed by atoms with Crippen LogP contribution < -0.4 is 5.32 Å². The van der Waals surface area contributed by atoms with E-state index in [0.717, 1.165) is 15.6 Å². The van der Waals surface area contributed by atoms with Crippen LogP contribution in [0.5, 0.6) is 0 Å². The van der Waals surface area contributed by atoms with Crippen LogP contribution in [0.4, 0.5) is 5.69 Å². The van der Waals surface area contributed by atoms with E-state index in [1.54, 1.807) is 25.1 Å². The summed E-state index contributed by atoms with van der Waals surface area (Å²) in [6, 6.07) is 12.8. The fraction of sp³-hybridized carbons (Fsp3) is 0.238. The lowest BCUT2D eigenvalue weighted by Gasteiger charge is -2.27. The summed E-state index contributed by atoms with van der Waals surface area (Å²) in [7, 11) is 0. The highest BCUT2D eigenvalue weighted by atomic mass is 79.9. The number of halogens is 1. The molecule has 2 aromatic rings. The quantitative estimate of drug-likeness (QED) is 0.708. The van der Waals surface area contributed by atoms with E-state index in [4.69, 9.17) is 4.74 Å². The minimum Gasteiger partial charge on any atom is -0.464 e. The molecule has 2 N–H and O–H groups in total. The van der Waals surface area contributed by atoms with Crippen molar-refractivity contribution in [1.29, 1.82) is 0 Å². The molecule has 1 amide bonds. The Hall–Kier alpha value is -2.44. The summed E-state index contributed by atoms with van der Waals surface area (Å²) < 4.78 is 6.01. The lowest BCUT2D eigenvalue weighted by atomic mass is 9.81. The van der Waals surface area contributed by atoms with Gasteiger partial charge in [0.15, 0.2) is 5.60 Å². The van der Waals surface area contributed by atoms with Crippen molar-refractivity contribution >= 4 is 39.6 Å². The Bertz CT molecular complexity index is 907. The smallest absolute Gasteiger partial charge is 0.343 e. The number of esters is 1. The number of hydrogen-bond donors (Lipinski definition) is 2. The van der Waals surface area contributed by atoms with E-state index in [1.807, 2.05) is 37.3 Å². The molecule has 140 valence electrons. The van der Waals surface area contributed by atoms with E-state index in [0.29, 0.717) is 11.3 Å². The molecule has 1 heterocycles. The molecule has 0 bridgehead atoms. The van der Waals surface area contributed by atoms with Crippen molar-refractivity contribution < 1.29 is 19.4 Å². The Balaban J connectivity index is 2.06. The van der Waals surface area contributed by atoms with Gasteiger partial charge in [0, 0.05) is 10.2 Å². The van der Waals surface area contributed by atoms with Crippen LogP contribution in [0, 0.1) is 6.92 Å². The third-order valence-corrected chi connectivity index (χ3v) is 5.01. The Kier molecular flexibility index (Phi) is 5.48. The molecule has 1 aliphatic rings. The first kappa shape index (κ1) is 19.3. The first-order valence-corrected chi connectivity index (χ1v) is 9.40. The summed E-state index contributed by atoms with van der Waals surface area (Å²) in [4.78, 5) is 25.3. The SMILES string of the molecule is CCOC(=O)C(O)(/C=C/c1ccc(Br)cc1)C1C(=O)Nc2ccc(C)cc21. The molecule has 0 aromatic heterocycles. The average Bonchev–Trinajstić information content (AvgIpc) is 2.96. The largest absolute Gasteiger partial charge is 0.464 e. The topological polar surface area (TPSA) is 75.6 Å². The van der Waals surface area contributed by atoms with Crippen LogP contribution in [0.3, 0.4) is 0 Å². The lowest BCUT2D eigenvalue weighted by molar-refractivity contribution is -0.163. The van der Waals surface area contributed by atoms with Crippen LogP contribution in [-0.2, 0) is 14.3 Å². The van der Waals surface area contributed by atoms with E-state index in [2.05, 4.69) is 21.2 Å². The second-order valence-corrected chi connectivity index (χ2v) is 7.36. The summed E-state index contributed by atoms with van der Waals surface area (Å²) in [6.07, 6.45) is 2.96. The van der Waals surface area contributed by atoms with Gasteiger partial charge in [-0.2, -0.15) is 0 Å². The number of anilines is 1. The zero-order valence-electron chi connectivity index (χ0n) is 15.0. The Labute approximate surface area is 166 Å². The molecule has 27 heavy (non-hydrogen) atoms. The van der Waals surface area contributed by atoms with Crippen molar-refractivity contribution in [3.8, 4) is 0 Å². The fourth-order valence-electron chi connectivity index (χ4n) is 3.14. The molecule has 3 rings (SSSR count). The molecule has 0 saturated carbocycles. The number of hydrogen-bond acceptors (Lipinski definition) is 4. The molecule has 2 unspecified atom stereocenters. The normalized spacial score (nSPS) is 18.1. The van der Waals surface area contributed by atoms with Gasteiger partial charge >= 0.3 is 5.97 Å². The van der Waals surface area contributed by atoms with Gasteiger partial charge in [-0.3, -0.25) is 4.79 Å². The summed E-state index contributed by atoms with van der Waals surface area (Å²) in [5.41, 5.74) is 0.764. The van der Waals surface area contributed by atoms with Crippen LogP contribution in [-0.4, -0.2) is 29.2 Å². The number of amides is 1. The maximum atomic E-state index is 12.7. The van der Waals surface area contributed by atoms with Crippen LogP contribution in [0.2, 0.25) is 0 Å². The molecular weight excluding hydrogens is 410 g/mol. The van der Waals surface area contributed by atoms with Crippen molar-refractivity contribution in [2.45, 2.75) is 25.4 Å². The number of carbonyl (C=O) groups is 2. The minimum atomic E-state index is -2.12. The van der Waals surface area contributed by atoms with E-state index in [1.165, 1.54) is 6.08 Å². The van der Waals surface area contributed by atoms with Gasteiger partial charge in [-0.1, -0.05) is 51.8 Å². The Morgan fingerprint density at radius 2 is 2.00 bits per heavy atom. The van der Waals surface area contributed by atoms with Gasteiger partial charge in [-0.05, 0) is 49.2 Å². The number of aryl methyl sites for hydroxylation is 1. The van der Waals surface area contributed by atoms with E-state index in [-0.39, 0.29) is 6.61 Å². The number of benzene rings is 2. The molecule has 0 aliphatic carbocycles. The number of fused-ring (bicyclic) bond motifs is 1. The maximum Gasteiger partial charge on any atom is 0.343 e. The third kappa shape index (κ3) is 3.82. The second-order valence-electron chi connectivity index (χ2n) is 6.44. The first-order valence-electron chi connectivity index (χ1n) is 8.61. The molecule has 0 fully saturated rings. The van der Waals surface area contributed by atoms with Gasteiger partial charge in [0.25, 0.3) is 0 Å². The van der Waals surface area contributed by atoms with Crippen LogP contribution in [0.15, 0.2) is 53.0 Å². The van der Waals surface area contributed by atoms with Gasteiger partial charge < -0.3 is 15.2 Å². The molecule has 0 saturated heterocycles. The van der Waals surface area contributed by atoms with Crippen molar-refractivity contribution in [3.05, 3.63) is 69.7 Å². The molecule has 1 aliphatic heterocycles. The lowest BCUT2D eigenvalue weighted by Crippen LogP contribution is -2.46. The molecule has 6 heteroatoms. The second kappa shape index (κ2) is 7.66. The van der Waals surface area contributed by atoms with Gasteiger partial charge in [0.1, 0.15) is 5.92 Å². The van der Waals surface area contributed by atoms with Crippen molar-refractivity contribution in [1.82, 2.24) is 0 Å². The highest BCUT2D eigenvalue weighted by Gasteiger charge is 2.51. The van der Waals surface area contributed by atoms with Crippen molar-refractivity contribution in [2.24, 2.45) is 0 Å². The average molecular weight is 430 g/mol. The van der Waals surface area contributed by atoms with Gasteiger partial charge in [0.05, 0.1) is 6.61 Å². The van der Waals surface area contributed by atoms with Gasteiger partial charge in [-0.25, -0.2) is 4.79 Å². The highest BCUT2D eigenvalue weighted by molar-refractivity contribution is 9.10. The zero-order chi connectivity index (χ0) is 19.6. The molecular formula is C21H20BrNO4. The molecule has 2 atom stereocenters. The summed E-state index contributed by atoms with van der Waals surface area (Å²) >= 11 is 3.37.